The minimum Gasteiger partial charge on any atom is -0.490 e. The number of aliphatic imine (C=N–C) groups is 1. The molecule has 2 aliphatic heterocycles. The monoisotopic (exact) mass is 572 g/mol. The lowest BCUT2D eigenvalue weighted by Crippen LogP contribution is -2.48. The van der Waals surface area contributed by atoms with Crippen LogP contribution >= 0.6 is 24.0 Å². The average Bonchev–Trinajstić information content (AvgIpc) is 2.77. The van der Waals surface area contributed by atoms with E-state index in [0.717, 1.165) is 76.7 Å². The zero-order valence-electron chi connectivity index (χ0n) is 20.6. The van der Waals surface area contributed by atoms with Crippen molar-refractivity contribution in [2.45, 2.75) is 65.1 Å². The third kappa shape index (κ3) is 9.22. The molecule has 3 rings (SSSR count). The van der Waals surface area contributed by atoms with Crippen LogP contribution in [0.15, 0.2) is 35.3 Å². The fraction of sp³-hybridized carbons (Fsp3) is 0.680. The largest absolute Gasteiger partial charge is 0.490 e. The van der Waals surface area contributed by atoms with Crippen LogP contribution in [0, 0.1) is 5.92 Å². The van der Waals surface area contributed by atoms with Crippen molar-refractivity contribution < 1.29 is 14.3 Å². The molecule has 1 aromatic rings. The number of guanidine groups is 1. The number of rotatable bonds is 5. The number of halogens is 1. The Hall–Kier alpha value is -1.71. The SMILES string of the molecule is CCNC(=NCC1CCN(C(=O)OC(C)(C)C)CC1)N1CCC(Oc2ccccc2)CC1.I. The maximum Gasteiger partial charge on any atom is 0.410 e. The van der Waals surface area contributed by atoms with E-state index in [1.807, 2.05) is 56.0 Å². The molecule has 1 N–H and O–H groups in total. The number of para-hydroxylation sites is 1. The first-order chi connectivity index (χ1) is 15.3. The van der Waals surface area contributed by atoms with Gasteiger partial charge in [0, 0.05) is 52.1 Å². The summed E-state index contributed by atoms with van der Waals surface area (Å²) in [6.45, 7) is 12.9. The van der Waals surface area contributed by atoms with Gasteiger partial charge >= 0.3 is 6.09 Å². The summed E-state index contributed by atoms with van der Waals surface area (Å²) in [6, 6.07) is 10.1. The van der Waals surface area contributed by atoms with Crippen LogP contribution in [0.3, 0.4) is 0 Å². The number of carbonyl (C=O) groups is 1. The third-order valence-electron chi connectivity index (χ3n) is 5.89. The van der Waals surface area contributed by atoms with Gasteiger partial charge in [-0.15, -0.1) is 24.0 Å². The van der Waals surface area contributed by atoms with Gasteiger partial charge in [0.15, 0.2) is 5.96 Å². The van der Waals surface area contributed by atoms with E-state index >= 15 is 0 Å². The molecule has 2 aliphatic rings. The quantitative estimate of drug-likeness (QED) is 0.313. The van der Waals surface area contributed by atoms with E-state index in [4.69, 9.17) is 14.5 Å². The summed E-state index contributed by atoms with van der Waals surface area (Å²) in [6.07, 6.45) is 3.98. The number of benzene rings is 1. The maximum absolute atomic E-state index is 12.3. The lowest BCUT2D eigenvalue weighted by atomic mass is 9.97. The fourth-order valence-electron chi connectivity index (χ4n) is 4.14. The van der Waals surface area contributed by atoms with Gasteiger partial charge in [0.2, 0.25) is 0 Å². The highest BCUT2D eigenvalue weighted by molar-refractivity contribution is 14.0. The Balaban J connectivity index is 0.00000385. The van der Waals surface area contributed by atoms with Crippen LogP contribution in [0.25, 0.3) is 0 Å². The van der Waals surface area contributed by atoms with Crippen molar-refractivity contribution in [2.75, 3.05) is 39.3 Å². The average molecular weight is 573 g/mol. The van der Waals surface area contributed by atoms with E-state index in [0.29, 0.717) is 5.92 Å². The molecule has 0 saturated carbocycles. The second kappa shape index (κ2) is 13.2. The van der Waals surface area contributed by atoms with Crippen LogP contribution < -0.4 is 10.1 Å². The molecule has 0 atom stereocenters. The zero-order valence-corrected chi connectivity index (χ0v) is 22.9. The van der Waals surface area contributed by atoms with Crippen molar-refractivity contribution in [3.8, 4) is 5.75 Å². The Morgan fingerprint density at radius 2 is 1.64 bits per heavy atom. The molecule has 0 radical (unpaired) electrons. The smallest absolute Gasteiger partial charge is 0.410 e. The molecule has 1 amide bonds. The summed E-state index contributed by atoms with van der Waals surface area (Å²) in [5.41, 5.74) is -0.446. The molecule has 33 heavy (non-hydrogen) atoms. The minimum atomic E-state index is -0.446. The Bertz CT molecular complexity index is 738. The summed E-state index contributed by atoms with van der Waals surface area (Å²) in [7, 11) is 0. The summed E-state index contributed by atoms with van der Waals surface area (Å²) in [5, 5.41) is 3.46. The fourth-order valence-corrected chi connectivity index (χ4v) is 4.14. The van der Waals surface area contributed by atoms with Gasteiger partial charge in [-0.25, -0.2) is 4.79 Å². The standard InChI is InChI=1S/C25H40N4O3.HI/c1-5-26-23(28-17-13-22(14-18-28)31-21-9-7-6-8-10-21)27-19-20-11-15-29(16-12-20)24(30)32-25(2,3)4;/h6-10,20,22H,5,11-19H2,1-4H3,(H,26,27);1H. The highest BCUT2D eigenvalue weighted by Gasteiger charge is 2.27. The van der Waals surface area contributed by atoms with Crippen LogP contribution in [0.2, 0.25) is 0 Å². The lowest BCUT2D eigenvalue weighted by molar-refractivity contribution is 0.0186. The maximum atomic E-state index is 12.3. The normalized spacial score (nSPS) is 18.5. The molecule has 8 heteroatoms. The number of carbonyl (C=O) groups excluding carboxylic acids is 1. The third-order valence-corrected chi connectivity index (χ3v) is 5.89. The molecule has 2 saturated heterocycles. The number of nitrogens with one attached hydrogen (secondary N) is 1. The molecule has 0 spiro atoms. The molecule has 2 fully saturated rings. The van der Waals surface area contributed by atoms with Crippen LogP contribution in [-0.4, -0.2) is 72.8 Å². The van der Waals surface area contributed by atoms with Gasteiger partial charge in [-0.05, 0) is 58.6 Å². The van der Waals surface area contributed by atoms with Crippen molar-refractivity contribution in [3.05, 3.63) is 30.3 Å². The summed E-state index contributed by atoms with van der Waals surface area (Å²) in [5.74, 6) is 2.45. The highest BCUT2D eigenvalue weighted by Crippen LogP contribution is 2.21. The van der Waals surface area contributed by atoms with Gasteiger partial charge < -0.3 is 24.6 Å². The molecular weight excluding hydrogens is 531 g/mol. The molecule has 2 heterocycles. The van der Waals surface area contributed by atoms with E-state index in [-0.39, 0.29) is 36.2 Å². The molecule has 0 bridgehead atoms. The lowest BCUT2D eigenvalue weighted by Gasteiger charge is -2.35. The zero-order chi connectivity index (χ0) is 23.0. The van der Waals surface area contributed by atoms with Crippen LogP contribution in [0.4, 0.5) is 4.79 Å². The van der Waals surface area contributed by atoms with E-state index < -0.39 is 5.60 Å². The van der Waals surface area contributed by atoms with Gasteiger partial charge in [0.05, 0.1) is 0 Å². The van der Waals surface area contributed by atoms with Crippen LogP contribution in [-0.2, 0) is 4.74 Å². The summed E-state index contributed by atoms with van der Waals surface area (Å²) >= 11 is 0. The second-order valence-electron chi connectivity index (χ2n) is 9.72. The Morgan fingerprint density at radius 1 is 1.03 bits per heavy atom. The number of amides is 1. The molecule has 186 valence electrons. The molecular formula is C25H41IN4O3. The van der Waals surface area contributed by atoms with Crippen molar-refractivity contribution >= 4 is 36.0 Å². The van der Waals surface area contributed by atoms with Gasteiger partial charge in [0.1, 0.15) is 17.5 Å². The van der Waals surface area contributed by atoms with Gasteiger partial charge in [-0.2, -0.15) is 0 Å². The predicted octanol–water partition coefficient (Wildman–Crippen LogP) is 4.76. The Morgan fingerprint density at radius 3 is 2.21 bits per heavy atom. The van der Waals surface area contributed by atoms with Crippen LogP contribution in [0.1, 0.15) is 53.4 Å². The molecule has 0 unspecified atom stereocenters. The first-order valence-electron chi connectivity index (χ1n) is 12.1. The minimum absolute atomic E-state index is 0. The number of hydrogen-bond acceptors (Lipinski definition) is 4. The van der Waals surface area contributed by atoms with E-state index in [9.17, 15) is 4.79 Å². The van der Waals surface area contributed by atoms with Crippen molar-refractivity contribution in [1.82, 2.24) is 15.1 Å². The van der Waals surface area contributed by atoms with Gasteiger partial charge in [-0.3, -0.25) is 4.99 Å². The number of ether oxygens (including phenoxy) is 2. The molecule has 1 aromatic carbocycles. The summed E-state index contributed by atoms with van der Waals surface area (Å²) in [4.78, 5) is 21.4. The van der Waals surface area contributed by atoms with E-state index in [1.54, 1.807) is 0 Å². The predicted molar refractivity (Wildman–Crippen MR) is 144 cm³/mol. The number of piperidine rings is 2. The van der Waals surface area contributed by atoms with E-state index in [1.165, 1.54) is 0 Å². The van der Waals surface area contributed by atoms with Crippen LogP contribution in [0.5, 0.6) is 5.75 Å². The van der Waals surface area contributed by atoms with Crippen molar-refractivity contribution in [2.24, 2.45) is 10.9 Å². The molecule has 0 aromatic heterocycles. The molecule has 7 nitrogen and oxygen atoms in total. The van der Waals surface area contributed by atoms with Crippen molar-refractivity contribution in [3.63, 3.8) is 0 Å². The van der Waals surface area contributed by atoms with Gasteiger partial charge in [0.25, 0.3) is 0 Å². The highest BCUT2D eigenvalue weighted by atomic mass is 127. The first-order valence-corrected chi connectivity index (χ1v) is 12.1. The second-order valence-corrected chi connectivity index (χ2v) is 9.72. The van der Waals surface area contributed by atoms with Gasteiger partial charge in [-0.1, -0.05) is 18.2 Å². The molecule has 0 aliphatic carbocycles. The number of likely N-dealkylation sites (tertiary alicyclic amines) is 2. The van der Waals surface area contributed by atoms with E-state index in [2.05, 4.69) is 17.1 Å². The Labute approximate surface area is 216 Å². The number of hydrogen-bond donors (Lipinski definition) is 1. The Kier molecular flexibility index (Phi) is 11.1. The summed E-state index contributed by atoms with van der Waals surface area (Å²) < 4.78 is 11.6. The number of nitrogens with zero attached hydrogens (tertiary/aromatic N) is 3. The van der Waals surface area contributed by atoms with Crippen molar-refractivity contribution in [1.29, 1.82) is 0 Å². The first kappa shape index (κ1) is 27.5. The topological polar surface area (TPSA) is 66.4 Å².